The van der Waals surface area contributed by atoms with Gasteiger partial charge in [-0.3, -0.25) is 4.79 Å². The molecule has 5 heteroatoms. The third-order valence-electron chi connectivity index (χ3n) is 3.33. The van der Waals surface area contributed by atoms with E-state index in [1.165, 1.54) is 13.3 Å². The SMILES string of the molecule is COC(=O)CC(C(C)C)C(C#N)c1cccnc1C#N. The summed E-state index contributed by atoms with van der Waals surface area (Å²) < 4.78 is 4.69. The molecule has 0 aliphatic heterocycles. The average molecular weight is 271 g/mol. The smallest absolute Gasteiger partial charge is 0.305 e. The summed E-state index contributed by atoms with van der Waals surface area (Å²) in [5.41, 5.74) is 0.801. The van der Waals surface area contributed by atoms with E-state index in [2.05, 4.69) is 15.8 Å². The van der Waals surface area contributed by atoms with E-state index in [4.69, 9.17) is 5.26 Å². The average Bonchev–Trinajstić information content (AvgIpc) is 2.46. The number of nitriles is 2. The molecule has 1 aromatic heterocycles. The standard InChI is InChI=1S/C15H17N3O2/c1-10(2)12(7-15(19)20-3)13(8-16)11-5-4-6-18-14(11)9-17/h4-6,10,12-13H,7H2,1-3H3. The van der Waals surface area contributed by atoms with Crippen molar-refractivity contribution in [2.45, 2.75) is 26.2 Å². The second kappa shape index (κ2) is 7.25. The molecule has 0 N–H and O–H groups in total. The van der Waals surface area contributed by atoms with Gasteiger partial charge in [0.1, 0.15) is 11.8 Å². The molecule has 5 nitrogen and oxygen atoms in total. The Morgan fingerprint density at radius 1 is 1.45 bits per heavy atom. The van der Waals surface area contributed by atoms with E-state index >= 15 is 0 Å². The number of hydrogen-bond acceptors (Lipinski definition) is 5. The van der Waals surface area contributed by atoms with Crippen molar-refractivity contribution in [1.82, 2.24) is 4.98 Å². The minimum absolute atomic E-state index is 0.102. The van der Waals surface area contributed by atoms with Crippen LogP contribution in [0.3, 0.4) is 0 Å². The van der Waals surface area contributed by atoms with Gasteiger partial charge in [-0.25, -0.2) is 4.98 Å². The zero-order valence-corrected chi connectivity index (χ0v) is 11.8. The third-order valence-corrected chi connectivity index (χ3v) is 3.33. The van der Waals surface area contributed by atoms with Crippen molar-refractivity contribution < 1.29 is 9.53 Å². The van der Waals surface area contributed by atoms with Crippen molar-refractivity contribution in [3.8, 4) is 12.1 Å². The first kappa shape index (κ1) is 15.7. The summed E-state index contributed by atoms with van der Waals surface area (Å²) in [4.78, 5) is 15.5. The molecule has 20 heavy (non-hydrogen) atoms. The lowest BCUT2D eigenvalue weighted by atomic mass is 9.77. The number of methoxy groups -OCH3 is 1. The third kappa shape index (κ3) is 3.55. The molecule has 0 saturated carbocycles. The number of pyridine rings is 1. The molecule has 0 aliphatic carbocycles. The number of hydrogen-bond donors (Lipinski definition) is 0. The normalized spacial score (nSPS) is 13.1. The highest BCUT2D eigenvalue weighted by Crippen LogP contribution is 2.33. The monoisotopic (exact) mass is 271 g/mol. The van der Waals surface area contributed by atoms with Crippen molar-refractivity contribution in [2.75, 3.05) is 7.11 Å². The molecular formula is C15H17N3O2. The van der Waals surface area contributed by atoms with Crippen LogP contribution in [-0.4, -0.2) is 18.1 Å². The number of carbonyl (C=O) groups is 1. The number of aromatic nitrogens is 1. The maximum Gasteiger partial charge on any atom is 0.305 e. The Labute approximate surface area is 118 Å². The number of nitrogens with zero attached hydrogens (tertiary/aromatic N) is 3. The fraction of sp³-hybridized carbons (Fsp3) is 0.467. The minimum Gasteiger partial charge on any atom is -0.469 e. The lowest BCUT2D eigenvalue weighted by molar-refractivity contribution is -0.142. The van der Waals surface area contributed by atoms with E-state index in [0.29, 0.717) is 5.56 Å². The highest BCUT2D eigenvalue weighted by Gasteiger charge is 2.30. The van der Waals surface area contributed by atoms with Gasteiger partial charge in [-0.2, -0.15) is 10.5 Å². The number of ether oxygens (including phenoxy) is 1. The van der Waals surface area contributed by atoms with Crippen LogP contribution in [0.2, 0.25) is 0 Å². The summed E-state index contributed by atoms with van der Waals surface area (Å²) in [5.74, 6) is -1.03. The number of esters is 1. The molecule has 1 heterocycles. The lowest BCUT2D eigenvalue weighted by Crippen LogP contribution is -2.22. The molecule has 0 fully saturated rings. The molecule has 104 valence electrons. The summed E-state index contributed by atoms with van der Waals surface area (Å²) in [7, 11) is 1.33. The van der Waals surface area contributed by atoms with Gasteiger partial charge in [0.05, 0.1) is 25.5 Å². The predicted octanol–water partition coefficient (Wildman–Crippen LogP) is 2.40. The summed E-state index contributed by atoms with van der Waals surface area (Å²) in [5, 5.41) is 18.6. The van der Waals surface area contributed by atoms with Gasteiger partial charge >= 0.3 is 5.97 Å². The van der Waals surface area contributed by atoms with Crippen LogP contribution in [0.1, 0.15) is 37.4 Å². The van der Waals surface area contributed by atoms with E-state index in [0.717, 1.165) is 0 Å². The molecule has 2 unspecified atom stereocenters. The topological polar surface area (TPSA) is 86.8 Å². The fourth-order valence-corrected chi connectivity index (χ4v) is 2.17. The zero-order chi connectivity index (χ0) is 15.1. The first-order chi connectivity index (χ1) is 9.54. The molecule has 0 amide bonds. The number of rotatable bonds is 5. The second-order valence-electron chi connectivity index (χ2n) is 4.85. The molecule has 1 rings (SSSR count). The molecule has 0 aliphatic rings. The Balaban J connectivity index is 3.18. The van der Waals surface area contributed by atoms with E-state index in [-0.39, 0.29) is 29.9 Å². The van der Waals surface area contributed by atoms with Crippen LogP contribution in [-0.2, 0) is 9.53 Å². The van der Waals surface area contributed by atoms with Crippen LogP contribution in [0.25, 0.3) is 0 Å². The van der Waals surface area contributed by atoms with Gasteiger partial charge < -0.3 is 4.74 Å². The van der Waals surface area contributed by atoms with Crippen molar-refractivity contribution in [3.63, 3.8) is 0 Å². The Hall–Kier alpha value is -2.40. The quantitative estimate of drug-likeness (QED) is 0.767. The van der Waals surface area contributed by atoms with E-state index in [1.807, 2.05) is 19.9 Å². The summed E-state index contributed by atoms with van der Waals surface area (Å²) in [6.45, 7) is 3.89. The Morgan fingerprint density at radius 2 is 2.15 bits per heavy atom. The summed E-state index contributed by atoms with van der Waals surface area (Å²) >= 11 is 0. The van der Waals surface area contributed by atoms with Crippen molar-refractivity contribution in [1.29, 1.82) is 10.5 Å². The van der Waals surface area contributed by atoms with Gasteiger partial charge in [0, 0.05) is 11.8 Å². The summed E-state index contributed by atoms with van der Waals surface area (Å²) in [6.07, 6.45) is 1.66. The molecular weight excluding hydrogens is 254 g/mol. The zero-order valence-electron chi connectivity index (χ0n) is 11.8. The highest BCUT2D eigenvalue weighted by molar-refractivity contribution is 5.69. The molecule has 0 saturated heterocycles. The van der Waals surface area contributed by atoms with E-state index < -0.39 is 5.92 Å². The minimum atomic E-state index is -0.558. The first-order valence-electron chi connectivity index (χ1n) is 6.36. The van der Waals surface area contributed by atoms with Gasteiger partial charge in [0.2, 0.25) is 0 Å². The maximum atomic E-state index is 11.5. The Kier molecular flexibility index (Phi) is 5.68. The molecule has 1 aromatic rings. The molecule has 0 spiro atoms. The fourth-order valence-electron chi connectivity index (χ4n) is 2.17. The van der Waals surface area contributed by atoms with Crippen LogP contribution in [0.5, 0.6) is 0 Å². The Morgan fingerprint density at radius 3 is 2.65 bits per heavy atom. The largest absolute Gasteiger partial charge is 0.469 e. The molecule has 2 atom stereocenters. The van der Waals surface area contributed by atoms with Crippen LogP contribution in [0.4, 0.5) is 0 Å². The van der Waals surface area contributed by atoms with Crippen LogP contribution in [0.15, 0.2) is 18.3 Å². The molecule has 0 radical (unpaired) electrons. The Bertz CT molecular complexity index is 555. The van der Waals surface area contributed by atoms with Gasteiger partial charge in [0.15, 0.2) is 0 Å². The van der Waals surface area contributed by atoms with Gasteiger partial charge in [-0.15, -0.1) is 0 Å². The predicted molar refractivity (Wildman–Crippen MR) is 72.3 cm³/mol. The van der Waals surface area contributed by atoms with Gasteiger partial charge in [-0.1, -0.05) is 19.9 Å². The molecule has 0 aromatic carbocycles. The maximum absolute atomic E-state index is 11.5. The first-order valence-corrected chi connectivity index (χ1v) is 6.36. The van der Waals surface area contributed by atoms with Crippen LogP contribution >= 0.6 is 0 Å². The molecule has 0 bridgehead atoms. The second-order valence-corrected chi connectivity index (χ2v) is 4.85. The van der Waals surface area contributed by atoms with E-state index in [9.17, 15) is 10.1 Å². The van der Waals surface area contributed by atoms with Gasteiger partial charge in [0.25, 0.3) is 0 Å². The highest BCUT2D eigenvalue weighted by atomic mass is 16.5. The van der Waals surface area contributed by atoms with Gasteiger partial charge in [-0.05, 0) is 17.9 Å². The van der Waals surface area contributed by atoms with Crippen LogP contribution < -0.4 is 0 Å². The van der Waals surface area contributed by atoms with Crippen molar-refractivity contribution >= 4 is 5.97 Å². The summed E-state index contributed by atoms with van der Waals surface area (Å²) in [6, 6.07) is 7.60. The van der Waals surface area contributed by atoms with E-state index in [1.54, 1.807) is 12.1 Å². The van der Waals surface area contributed by atoms with Crippen molar-refractivity contribution in [3.05, 3.63) is 29.6 Å². The number of carbonyl (C=O) groups excluding carboxylic acids is 1. The lowest BCUT2D eigenvalue weighted by Gasteiger charge is -2.25. The van der Waals surface area contributed by atoms with Crippen molar-refractivity contribution in [2.24, 2.45) is 11.8 Å². The van der Waals surface area contributed by atoms with Crippen LogP contribution in [0, 0.1) is 34.5 Å².